The van der Waals surface area contributed by atoms with Gasteiger partial charge in [-0.1, -0.05) is 30.3 Å². The van der Waals surface area contributed by atoms with E-state index in [-0.39, 0.29) is 18.2 Å². The minimum Gasteiger partial charge on any atom is -0.339 e. The number of carbonyl (C=O) groups excluding carboxylic acids is 1. The van der Waals surface area contributed by atoms with E-state index in [0.29, 0.717) is 12.1 Å². The number of ketones is 1. The van der Waals surface area contributed by atoms with Gasteiger partial charge in [-0.2, -0.15) is 0 Å². The van der Waals surface area contributed by atoms with Crippen LogP contribution < -0.4 is 10.6 Å². The molecule has 3 nitrogen and oxygen atoms in total. The molecule has 0 amide bonds. The van der Waals surface area contributed by atoms with Gasteiger partial charge in [0.05, 0.1) is 11.7 Å². The second-order valence-corrected chi connectivity index (χ2v) is 4.43. The fraction of sp³-hybridized carbons (Fsp3) is 0.133. The first-order chi connectivity index (χ1) is 8.77. The summed E-state index contributed by atoms with van der Waals surface area (Å²) >= 11 is 0. The summed E-state index contributed by atoms with van der Waals surface area (Å²) in [4.78, 5) is 14.1. The maximum absolute atomic E-state index is 12.0. The zero-order chi connectivity index (χ0) is 12.5. The van der Waals surface area contributed by atoms with Gasteiger partial charge in [0.25, 0.3) is 0 Å². The van der Waals surface area contributed by atoms with Gasteiger partial charge in [0.1, 0.15) is 0 Å². The van der Waals surface area contributed by atoms with Crippen LogP contribution in [0.4, 0.5) is 11.4 Å². The van der Waals surface area contributed by atoms with Gasteiger partial charge in [0.15, 0.2) is 5.78 Å². The molecule has 1 heterocycles. The molecule has 1 unspecified atom stereocenters. The Kier molecular flexibility index (Phi) is 3.88. The number of carbonyl (C=O) groups is 1. The lowest BCUT2D eigenvalue weighted by Gasteiger charge is -2.33. The third-order valence-corrected chi connectivity index (χ3v) is 3.24. The molecule has 1 aliphatic rings. The Morgan fingerprint density at radius 2 is 1.63 bits per heavy atom. The number of nitrogens with two attached hydrogens (primary N) is 1. The van der Waals surface area contributed by atoms with Crippen molar-refractivity contribution in [3.63, 3.8) is 0 Å². The van der Waals surface area contributed by atoms with Crippen molar-refractivity contribution in [2.24, 2.45) is 5.73 Å². The summed E-state index contributed by atoms with van der Waals surface area (Å²) in [5, 5.41) is 0. The molecule has 0 spiro atoms. The molecule has 0 aromatic heterocycles. The van der Waals surface area contributed by atoms with E-state index in [9.17, 15) is 4.79 Å². The Balaban J connectivity index is 0.00000133. The van der Waals surface area contributed by atoms with Crippen molar-refractivity contribution >= 4 is 29.6 Å². The van der Waals surface area contributed by atoms with E-state index in [4.69, 9.17) is 5.73 Å². The SMILES string of the molecule is Cl.NC1CN(c2ccccc2)c2ccccc2C1=O. The zero-order valence-electron chi connectivity index (χ0n) is 10.3. The number of nitrogens with zero attached hydrogens (tertiary/aromatic N) is 1. The maximum atomic E-state index is 12.0. The van der Waals surface area contributed by atoms with Gasteiger partial charge in [-0.3, -0.25) is 4.79 Å². The fourth-order valence-electron chi connectivity index (χ4n) is 2.35. The number of hydrogen-bond donors (Lipinski definition) is 1. The minimum absolute atomic E-state index is 0. The van der Waals surface area contributed by atoms with E-state index in [0.717, 1.165) is 11.4 Å². The van der Waals surface area contributed by atoms with E-state index < -0.39 is 6.04 Å². The predicted molar refractivity (Wildman–Crippen MR) is 79.4 cm³/mol. The van der Waals surface area contributed by atoms with Crippen LogP contribution in [0.1, 0.15) is 10.4 Å². The Bertz CT molecular complexity index is 586. The zero-order valence-corrected chi connectivity index (χ0v) is 11.1. The molecule has 0 saturated heterocycles. The minimum atomic E-state index is -0.458. The maximum Gasteiger partial charge on any atom is 0.183 e. The van der Waals surface area contributed by atoms with Crippen LogP contribution in [0.5, 0.6) is 0 Å². The highest BCUT2D eigenvalue weighted by atomic mass is 35.5. The van der Waals surface area contributed by atoms with E-state index >= 15 is 0 Å². The molecular weight excluding hydrogens is 260 g/mol. The lowest BCUT2D eigenvalue weighted by atomic mass is 9.96. The lowest BCUT2D eigenvalue weighted by molar-refractivity contribution is 0.0959. The van der Waals surface area contributed by atoms with Crippen molar-refractivity contribution in [2.75, 3.05) is 11.4 Å². The molecule has 2 aromatic rings. The van der Waals surface area contributed by atoms with Crippen LogP contribution in [0.25, 0.3) is 0 Å². The molecule has 3 rings (SSSR count). The third kappa shape index (κ3) is 2.35. The normalized spacial score (nSPS) is 17.6. The van der Waals surface area contributed by atoms with E-state index in [1.165, 1.54) is 0 Å². The molecule has 2 N–H and O–H groups in total. The van der Waals surface area contributed by atoms with Crippen molar-refractivity contribution in [1.29, 1.82) is 0 Å². The smallest absolute Gasteiger partial charge is 0.183 e. The van der Waals surface area contributed by atoms with Gasteiger partial charge in [0, 0.05) is 17.8 Å². The molecule has 0 radical (unpaired) electrons. The van der Waals surface area contributed by atoms with Crippen molar-refractivity contribution in [3.05, 3.63) is 60.2 Å². The van der Waals surface area contributed by atoms with Crippen molar-refractivity contribution in [2.45, 2.75) is 6.04 Å². The number of fused-ring (bicyclic) bond motifs is 1. The number of rotatable bonds is 1. The highest BCUT2D eigenvalue weighted by Crippen LogP contribution is 2.32. The summed E-state index contributed by atoms with van der Waals surface area (Å²) in [6.45, 7) is 0.528. The van der Waals surface area contributed by atoms with Crippen LogP contribution in [-0.2, 0) is 0 Å². The van der Waals surface area contributed by atoms with Gasteiger partial charge >= 0.3 is 0 Å². The molecule has 0 aliphatic carbocycles. The number of para-hydroxylation sites is 2. The molecule has 4 heteroatoms. The quantitative estimate of drug-likeness (QED) is 0.870. The third-order valence-electron chi connectivity index (χ3n) is 3.24. The number of hydrogen-bond acceptors (Lipinski definition) is 3. The summed E-state index contributed by atoms with van der Waals surface area (Å²) in [7, 11) is 0. The van der Waals surface area contributed by atoms with Gasteiger partial charge in [0.2, 0.25) is 0 Å². The van der Waals surface area contributed by atoms with Crippen molar-refractivity contribution in [1.82, 2.24) is 0 Å². The first kappa shape index (κ1) is 13.6. The van der Waals surface area contributed by atoms with Crippen LogP contribution in [0, 0.1) is 0 Å². The number of Topliss-reactive ketones (excluding diaryl/α,β-unsaturated/α-hetero) is 1. The van der Waals surface area contributed by atoms with Crippen LogP contribution in [0.3, 0.4) is 0 Å². The summed E-state index contributed by atoms with van der Waals surface area (Å²) in [5.41, 5.74) is 8.64. The molecule has 98 valence electrons. The predicted octanol–water partition coefficient (Wildman–Crippen LogP) is 2.77. The van der Waals surface area contributed by atoms with E-state index in [1.807, 2.05) is 54.6 Å². The van der Waals surface area contributed by atoms with Crippen LogP contribution in [0.15, 0.2) is 54.6 Å². The second kappa shape index (κ2) is 5.43. The number of anilines is 2. The molecule has 0 saturated carbocycles. The van der Waals surface area contributed by atoms with Gasteiger partial charge in [-0.15, -0.1) is 12.4 Å². The molecule has 0 fully saturated rings. The average Bonchev–Trinajstić information content (AvgIpc) is 2.44. The number of benzene rings is 2. The summed E-state index contributed by atoms with van der Waals surface area (Å²) < 4.78 is 0. The second-order valence-electron chi connectivity index (χ2n) is 4.43. The van der Waals surface area contributed by atoms with Crippen molar-refractivity contribution < 1.29 is 4.79 Å². The summed E-state index contributed by atoms with van der Waals surface area (Å²) in [6, 6.07) is 17.2. The highest BCUT2D eigenvalue weighted by molar-refractivity contribution is 6.07. The van der Waals surface area contributed by atoms with Gasteiger partial charge < -0.3 is 10.6 Å². The molecule has 1 atom stereocenters. The Labute approximate surface area is 118 Å². The van der Waals surface area contributed by atoms with Crippen molar-refractivity contribution in [3.8, 4) is 0 Å². The first-order valence-electron chi connectivity index (χ1n) is 5.99. The molecular formula is C15H15ClN2O. The average molecular weight is 275 g/mol. The van der Waals surface area contributed by atoms with E-state index in [2.05, 4.69) is 4.90 Å². The Morgan fingerprint density at radius 1 is 1.00 bits per heavy atom. The van der Waals surface area contributed by atoms with Gasteiger partial charge in [-0.05, 0) is 24.3 Å². The standard InChI is InChI=1S/C15H14N2O.ClH/c16-13-10-17(11-6-2-1-3-7-11)14-9-5-4-8-12(14)15(13)18;/h1-9,13H,10,16H2;1H. The van der Waals surface area contributed by atoms with Gasteiger partial charge in [-0.25, -0.2) is 0 Å². The fourth-order valence-corrected chi connectivity index (χ4v) is 2.35. The summed E-state index contributed by atoms with van der Waals surface area (Å²) in [5.74, 6) is 0.0257. The molecule has 1 aliphatic heterocycles. The monoisotopic (exact) mass is 274 g/mol. The van der Waals surface area contributed by atoms with Crippen LogP contribution >= 0.6 is 12.4 Å². The topological polar surface area (TPSA) is 46.3 Å². The Morgan fingerprint density at radius 3 is 2.37 bits per heavy atom. The first-order valence-corrected chi connectivity index (χ1v) is 5.99. The van der Waals surface area contributed by atoms with Crippen LogP contribution in [0.2, 0.25) is 0 Å². The summed E-state index contributed by atoms with van der Waals surface area (Å²) in [6.07, 6.45) is 0. The molecule has 19 heavy (non-hydrogen) atoms. The highest BCUT2D eigenvalue weighted by Gasteiger charge is 2.29. The van der Waals surface area contributed by atoms with E-state index in [1.54, 1.807) is 0 Å². The Hall–Kier alpha value is -1.84. The molecule has 2 aromatic carbocycles. The largest absolute Gasteiger partial charge is 0.339 e. The lowest BCUT2D eigenvalue weighted by Crippen LogP contribution is -2.45. The molecule has 0 bridgehead atoms. The number of halogens is 1. The van der Waals surface area contributed by atoms with Crippen LogP contribution in [-0.4, -0.2) is 18.4 Å².